The molecule has 7 heteroatoms. The van der Waals surface area contributed by atoms with Gasteiger partial charge in [0.1, 0.15) is 5.00 Å². The van der Waals surface area contributed by atoms with Crippen LogP contribution < -0.4 is 11.1 Å². The monoisotopic (exact) mass is 394 g/mol. The van der Waals surface area contributed by atoms with E-state index in [-0.39, 0.29) is 5.91 Å². The summed E-state index contributed by atoms with van der Waals surface area (Å²) in [6.45, 7) is 0. The number of anilines is 1. The van der Waals surface area contributed by atoms with Crippen LogP contribution >= 0.6 is 34.5 Å². The van der Waals surface area contributed by atoms with Crippen molar-refractivity contribution < 1.29 is 9.59 Å². The summed E-state index contributed by atoms with van der Waals surface area (Å²) in [5, 5.41) is 4.29. The maximum Gasteiger partial charge on any atom is 0.251 e. The van der Waals surface area contributed by atoms with Crippen molar-refractivity contribution in [1.82, 2.24) is 0 Å². The van der Waals surface area contributed by atoms with Gasteiger partial charge in [-0.3, -0.25) is 9.59 Å². The van der Waals surface area contributed by atoms with Gasteiger partial charge in [-0.25, -0.2) is 0 Å². The molecule has 1 aliphatic rings. The van der Waals surface area contributed by atoms with E-state index in [4.69, 9.17) is 28.9 Å². The van der Waals surface area contributed by atoms with E-state index in [1.165, 1.54) is 17.4 Å². The van der Waals surface area contributed by atoms with Crippen molar-refractivity contribution in [2.24, 2.45) is 5.73 Å². The lowest BCUT2D eigenvalue weighted by molar-refractivity contribution is -0.111. The van der Waals surface area contributed by atoms with Crippen molar-refractivity contribution in [3.05, 3.63) is 55.9 Å². The van der Waals surface area contributed by atoms with Crippen molar-refractivity contribution in [3.63, 3.8) is 0 Å². The number of fused-ring (bicyclic) bond motifs is 1. The van der Waals surface area contributed by atoms with Crippen LogP contribution in [0.3, 0.4) is 0 Å². The van der Waals surface area contributed by atoms with Gasteiger partial charge in [0.25, 0.3) is 5.91 Å². The second-order valence-electron chi connectivity index (χ2n) is 5.77. The Kier molecular flexibility index (Phi) is 5.47. The van der Waals surface area contributed by atoms with Gasteiger partial charge in [-0.1, -0.05) is 29.3 Å². The second kappa shape index (κ2) is 7.60. The Bertz CT molecular complexity index is 874. The molecule has 130 valence electrons. The van der Waals surface area contributed by atoms with E-state index in [9.17, 15) is 9.59 Å². The molecule has 1 aliphatic carbocycles. The average molecular weight is 395 g/mol. The van der Waals surface area contributed by atoms with Crippen molar-refractivity contribution in [3.8, 4) is 0 Å². The number of hydrogen-bond acceptors (Lipinski definition) is 3. The van der Waals surface area contributed by atoms with Crippen LogP contribution in [0.2, 0.25) is 10.0 Å². The van der Waals surface area contributed by atoms with E-state index in [0.29, 0.717) is 26.2 Å². The van der Waals surface area contributed by atoms with E-state index in [1.54, 1.807) is 24.3 Å². The first-order chi connectivity index (χ1) is 12.0. The quantitative estimate of drug-likeness (QED) is 0.738. The third kappa shape index (κ3) is 4.06. The molecule has 0 bridgehead atoms. The molecule has 3 N–H and O–H groups in total. The van der Waals surface area contributed by atoms with Crippen LogP contribution in [0, 0.1) is 0 Å². The van der Waals surface area contributed by atoms with E-state index in [1.807, 2.05) is 0 Å². The molecule has 0 saturated carbocycles. The molecule has 4 nitrogen and oxygen atoms in total. The number of nitrogens with two attached hydrogens (primary N) is 1. The molecule has 1 aromatic heterocycles. The van der Waals surface area contributed by atoms with Gasteiger partial charge >= 0.3 is 0 Å². The van der Waals surface area contributed by atoms with Crippen LogP contribution in [-0.4, -0.2) is 11.8 Å². The van der Waals surface area contributed by atoms with Gasteiger partial charge in [0.05, 0.1) is 5.56 Å². The largest absolute Gasteiger partial charge is 0.365 e. The molecule has 0 unspecified atom stereocenters. The topological polar surface area (TPSA) is 72.2 Å². The van der Waals surface area contributed by atoms with Gasteiger partial charge in [-0.05, 0) is 55.0 Å². The molecular weight excluding hydrogens is 379 g/mol. The van der Waals surface area contributed by atoms with Crippen LogP contribution in [0.1, 0.15) is 39.2 Å². The number of rotatable bonds is 4. The van der Waals surface area contributed by atoms with Gasteiger partial charge in [0.2, 0.25) is 5.91 Å². The summed E-state index contributed by atoms with van der Waals surface area (Å²) in [6, 6.07) is 5.04. The second-order valence-corrected chi connectivity index (χ2v) is 7.72. The fourth-order valence-corrected chi connectivity index (χ4v) is 4.64. The van der Waals surface area contributed by atoms with E-state index in [2.05, 4.69) is 5.32 Å². The number of hydrogen-bond donors (Lipinski definition) is 2. The number of aryl methyl sites for hydroxylation is 1. The summed E-state index contributed by atoms with van der Waals surface area (Å²) >= 11 is 13.4. The smallest absolute Gasteiger partial charge is 0.251 e. The molecule has 1 heterocycles. The summed E-state index contributed by atoms with van der Waals surface area (Å²) in [6.07, 6.45) is 6.85. The number of nitrogens with one attached hydrogen (secondary N) is 1. The van der Waals surface area contributed by atoms with Crippen LogP contribution in [0.25, 0.3) is 6.08 Å². The minimum Gasteiger partial charge on any atom is -0.365 e. The van der Waals surface area contributed by atoms with Gasteiger partial charge in [-0.15, -0.1) is 11.3 Å². The van der Waals surface area contributed by atoms with Gasteiger partial charge in [-0.2, -0.15) is 0 Å². The predicted octanol–water partition coefficient (Wildman–Crippen LogP) is 4.68. The summed E-state index contributed by atoms with van der Waals surface area (Å²) in [5.74, 6) is -0.841. The van der Waals surface area contributed by atoms with Crippen LogP contribution in [-0.2, 0) is 17.6 Å². The number of benzene rings is 1. The van der Waals surface area contributed by atoms with Gasteiger partial charge < -0.3 is 11.1 Å². The fourth-order valence-electron chi connectivity index (χ4n) is 2.87. The molecule has 0 aliphatic heterocycles. The Balaban J connectivity index is 1.80. The number of amides is 2. The SMILES string of the molecule is NC(=O)c1c(NC(=O)/C=C/c2ccc(Cl)cc2Cl)sc2c1CCCC2. The third-order valence-electron chi connectivity index (χ3n) is 4.03. The number of thiophene rings is 1. The third-order valence-corrected chi connectivity index (χ3v) is 5.80. The standard InChI is InChI=1S/C18H16Cl2N2O2S/c19-11-7-5-10(13(20)9-11)6-8-15(23)22-18-16(17(21)24)12-3-1-2-4-14(12)25-18/h5-9H,1-4H2,(H2,21,24)(H,22,23)/b8-6+. The molecule has 0 saturated heterocycles. The normalized spacial score (nSPS) is 13.7. The number of carbonyl (C=O) groups excluding carboxylic acids is 2. The lowest BCUT2D eigenvalue weighted by Gasteiger charge is -2.11. The zero-order chi connectivity index (χ0) is 18.0. The molecular formula is C18H16Cl2N2O2S. The molecule has 0 atom stereocenters. The van der Waals surface area contributed by atoms with E-state index < -0.39 is 5.91 Å². The van der Waals surface area contributed by atoms with Gasteiger partial charge in [0.15, 0.2) is 0 Å². The van der Waals surface area contributed by atoms with Gasteiger partial charge in [0, 0.05) is 21.0 Å². The van der Waals surface area contributed by atoms with Crippen molar-refractivity contribution in [2.75, 3.05) is 5.32 Å². The van der Waals surface area contributed by atoms with Crippen molar-refractivity contribution in [2.45, 2.75) is 25.7 Å². The first-order valence-electron chi connectivity index (χ1n) is 7.84. The molecule has 2 amide bonds. The Morgan fingerprint density at radius 1 is 1.20 bits per heavy atom. The highest BCUT2D eigenvalue weighted by Crippen LogP contribution is 2.37. The maximum atomic E-state index is 12.2. The van der Waals surface area contributed by atoms with E-state index >= 15 is 0 Å². The highest BCUT2D eigenvalue weighted by molar-refractivity contribution is 7.17. The average Bonchev–Trinajstić information content (AvgIpc) is 2.91. The molecule has 3 rings (SSSR count). The Hall–Kier alpha value is -1.82. The van der Waals surface area contributed by atoms with E-state index in [0.717, 1.165) is 36.1 Å². The Morgan fingerprint density at radius 2 is 1.96 bits per heavy atom. The summed E-state index contributed by atoms with van der Waals surface area (Å²) in [7, 11) is 0. The van der Waals surface area contributed by atoms with Crippen LogP contribution in [0.15, 0.2) is 24.3 Å². The number of carbonyl (C=O) groups is 2. The molecule has 0 fully saturated rings. The summed E-state index contributed by atoms with van der Waals surface area (Å²) in [5.41, 5.74) is 7.65. The van der Waals surface area contributed by atoms with Crippen LogP contribution in [0.4, 0.5) is 5.00 Å². The molecule has 2 aromatic rings. The van der Waals surface area contributed by atoms with Crippen molar-refractivity contribution in [1.29, 1.82) is 0 Å². The molecule has 1 aromatic carbocycles. The Labute approximate surface area is 159 Å². The highest BCUT2D eigenvalue weighted by atomic mass is 35.5. The molecule has 25 heavy (non-hydrogen) atoms. The first-order valence-corrected chi connectivity index (χ1v) is 9.41. The highest BCUT2D eigenvalue weighted by Gasteiger charge is 2.24. The van der Waals surface area contributed by atoms with Crippen LogP contribution in [0.5, 0.6) is 0 Å². The first kappa shape index (κ1) is 18.0. The lowest BCUT2D eigenvalue weighted by atomic mass is 9.95. The zero-order valence-electron chi connectivity index (χ0n) is 13.3. The fraction of sp³-hybridized carbons (Fsp3) is 0.222. The lowest BCUT2D eigenvalue weighted by Crippen LogP contribution is -2.17. The predicted molar refractivity (Wildman–Crippen MR) is 104 cm³/mol. The number of primary amides is 1. The molecule has 0 spiro atoms. The van der Waals surface area contributed by atoms with Crippen molar-refractivity contribution >= 4 is 57.4 Å². The summed E-state index contributed by atoms with van der Waals surface area (Å²) < 4.78 is 0. The maximum absolute atomic E-state index is 12.2. The minimum absolute atomic E-state index is 0.341. The summed E-state index contributed by atoms with van der Waals surface area (Å²) in [4.78, 5) is 25.2. The minimum atomic E-state index is -0.501. The molecule has 0 radical (unpaired) electrons. The number of halogens is 2. The Morgan fingerprint density at radius 3 is 2.68 bits per heavy atom. The zero-order valence-corrected chi connectivity index (χ0v) is 15.6.